The van der Waals surface area contributed by atoms with Crippen LogP contribution in [0.15, 0.2) is 35.5 Å². The Morgan fingerprint density at radius 3 is 2.50 bits per heavy atom. The van der Waals surface area contributed by atoms with Gasteiger partial charge in [0.25, 0.3) is 0 Å². The van der Waals surface area contributed by atoms with E-state index in [1.165, 1.54) is 0 Å². The highest BCUT2D eigenvalue weighted by molar-refractivity contribution is 7.81. The Morgan fingerprint density at radius 1 is 1.10 bits per heavy atom. The SMILES string of the molecule is NC(=O)[C@H](Cc1c[nH]c2ccccc12)NC(=O)[C@H](CCCN=C(N)N)NC(=O)CS. The number of fused-ring (bicyclic) bond motifs is 1. The Hall–Kier alpha value is -3.21. The van der Waals surface area contributed by atoms with Gasteiger partial charge < -0.3 is 32.8 Å². The van der Waals surface area contributed by atoms with Crippen molar-refractivity contribution >= 4 is 47.2 Å². The molecule has 1 aromatic heterocycles. The number of guanidine groups is 1. The van der Waals surface area contributed by atoms with E-state index in [1.807, 2.05) is 24.3 Å². The van der Waals surface area contributed by atoms with Crippen molar-refractivity contribution in [3.63, 3.8) is 0 Å². The fraction of sp³-hybridized carbons (Fsp3) is 0.368. The number of nitrogens with zero attached hydrogens (tertiary/aromatic N) is 1. The van der Waals surface area contributed by atoms with Crippen LogP contribution < -0.4 is 27.8 Å². The number of carbonyl (C=O) groups is 3. The van der Waals surface area contributed by atoms with E-state index in [-0.39, 0.29) is 24.6 Å². The van der Waals surface area contributed by atoms with Crippen molar-refractivity contribution in [1.82, 2.24) is 15.6 Å². The van der Waals surface area contributed by atoms with E-state index in [1.54, 1.807) is 6.20 Å². The molecule has 0 spiro atoms. The molecule has 0 bridgehead atoms. The van der Waals surface area contributed by atoms with Crippen LogP contribution in [-0.2, 0) is 20.8 Å². The summed E-state index contributed by atoms with van der Waals surface area (Å²) in [6.07, 6.45) is 2.72. The third kappa shape index (κ3) is 6.69. The first-order valence-corrected chi connectivity index (χ1v) is 10.0. The minimum atomic E-state index is -0.940. The van der Waals surface area contributed by atoms with E-state index in [9.17, 15) is 14.4 Å². The van der Waals surface area contributed by atoms with E-state index in [4.69, 9.17) is 17.2 Å². The molecule has 162 valence electrons. The van der Waals surface area contributed by atoms with Gasteiger partial charge in [-0.25, -0.2) is 0 Å². The highest BCUT2D eigenvalue weighted by atomic mass is 32.1. The summed E-state index contributed by atoms with van der Waals surface area (Å²) in [4.78, 5) is 43.5. The minimum Gasteiger partial charge on any atom is -0.370 e. The molecular formula is C19H27N7O3S. The van der Waals surface area contributed by atoms with Crippen LogP contribution in [-0.4, -0.2) is 53.0 Å². The Morgan fingerprint density at radius 2 is 1.83 bits per heavy atom. The third-order valence-electron chi connectivity index (χ3n) is 4.50. The van der Waals surface area contributed by atoms with Gasteiger partial charge in [0.05, 0.1) is 5.75 Å². The largest absolute Gasteiger partial charge is 0.370 e. The molecule has 0 aliphatic carbocycles. The first-order valence-electron chi connectivity index (χ1n) is 9.42. The van der Waals surface area contributed by atoms with Crippen LogP contribution in [0.5, 0.6) is 0 Å². The number of rotatable bonds is 11. The molecule has 11 heteroatoms. The maximum atomic E-state index is 12.8. The second kappa shape index (κ2) is 11.1. The number of nitrogens with one attached hydrogen (secondary N) is 3. The van der Waals surface area contributed by atoms with E-state index < -0.39 is 29.8 Å². The maximum absolute atomic E-state index is 12.8. The van der Waals surface area contributed by atoms with Crippen molar-refractivity contribution in [2.45, 2.75) is 31.3 Å². The molecule has 0 aliphatic rings. The number of carbonyl (C=O) groups excluding carboxylic acids is 3. The summed E-state index contributed by atoms with van der Waals surface area (Å²) in [6.45, 7) is 0.303. The van der Waals surface area contributed by atoms with Gasteiger partial charge >= 0.3 is 0 Å². The van der Waals surface area contributed by atoms with Gasteiger partial charge in [-0.3, -0.25) is 19.4 Å². The summed E-state index contributed by atoms with van der Waals surface area (Å²) in [5.74, 6) is -1.73. The van der Waals surface area contributed by atoms with Gasteiger partial charge in [-0.05, 0) is 24.5 Å². The van der Waals surface area contributed by atoms with Crippen molar-refractivity contribution in [2.24, 2.45) is 22.2 Å². The fourth-order valence-corrected chi connectivity index (χ4v) is 3.12. The lowest BCUT2D eigenvalue weighted by Crippen LogP contribution is -2.53. The average molecular weight is 434 g/mol. The Labute approximate surface area is 179 Å². The number of amides is 3. The highest BCUT2D eigenvalue weighted by Crippen LogP contribution is 2.19. The van der Waals surface area contributed by atoms with Crippen LogP contribution >= 0.6 is 12.6 Å². The number of aromatic nitrogens is 1. The lowest BCUT2D eigenvalue weighted by molar-refractivity contribution is -0.130. The number of para-hydroxylation sites is 1. The predicted octanol–water partition coefficient (Wildman–Crippen LogP) is -0.851. The minimum absolute atomic E-state index is 0.0529. The van der Waals surface area contributed by atoms with E-state index >= 15 is 0 Å². The molecule has 0 aliphatic heterocycles. The van der Waals surface area contributed by atoms with Gasteiger partial charge in [0.2, 0.25) is 17.7 Å². The summed E-state index contributed by atoms with van der Waals surface area (Å²) in [6, 6.07) is 5.80. The van der Waals surface area contributed by atoms with Crippen molar-refractivity contribution in [3.05, 3.63) is 36.0 Å². The first kappa shape index (κ1) is 23.1. The Balaban J connectivity index is 2.09. The van der Waals surface area contributed by atoms with Crippen LogP contribution in [0, 0.1) is 0 Å². The van der Waals surface area contributed by atoms with Crippen molar-refractivity contribution in [1.29, 1.82) is 0 Å². The quantitative estimate of drug-likeness (QED) is 0.105. The van der Waals surface area contributed by atoms with Crippen molar-refractivity contribution in [2.75, 3.05) is 12.3 Å². The molecular weight excluding hydrogens is 406 g/mol. The van der Waals surface area contributed by atoms with Gasteiger partial charge in [0, 0.05) is 30.1 Å². The number of aliphatic imine (C=N–C) groups is 1. The molecule has 0 saturated heterocycles. The third-order valence-corrected chi connectivity index (χ3v) is 4.79. The molecule has 0 saturated carbocycles. The van der Waals surface area contributed by atoms with E-state index in [2.05, 4.69) is 33.2 Å². The maximum Gasteiger partial charge on any atom is 0.243 e. The highest BCUT2D eigenvalue weighted by Gasteiger charge is 2.26. The zero-order valence-electron chi connectivity index (χ0n) is 16.4. The second-order valence-corrected chi connectivity index (χ2v) is 7.07. The topological polar surface area (TPSA) is 181 Å². The summed E-state index contributed by atoms with van der Waals surface area (Å²) in [7, 11) is 0. The van der Waals surface area contributed by atoms with Crippen LogP contribution in [0.2, 0.25) is 0 Å². The summed E-state index contributed by atoms with van der Waals surface area (Å²) < 4.78 is 0. The van der Waals surface area contributed by atoms with Crippen molar-refractivity contribution in [3.8, 4) is 0 Å². The molecule has 9 N–H and O–H groups in total. The normalized spacial score (nSPS) is 12.7. The van der Waals surface area contributed by atoms with Crippen LogP contribution in [0.1, 0.15) is 18.4 Å². The number of hydrogen-bond acceptors (Lipinski definition) is 5. The smallest absolute Gasteiger partial charge is 0.243 e. The molecule has 0 radical (unpaired) electrons. The number of benzene rings is 1. The lowest BCUT2D eigenvalue weighted by atomic mass is 10.0. The number of aromatic amines is 1. The number of thiol groups is 1. The van der Waals surface area contributed by atoms with Crippen LogP contribution in [0.25, 0.3) is 10.9 Å². The van der Waals surface area contributed by atoms with Crippen LogP contribution in [0.4, 0.5) is 0 Å². The molecule has 2 atom stereocenters. The zero-order chi connectivity index (χ0) is 22.1. The standard InChI is InChI=1S/C19H27N7O3S/c20-17(28)15(8-11-9-24-13-5-2-1-4-12(11)13)26-18(29)14(25-16(27)10-30)6-3-7-23-19(21)22/h1-2,4-5,9,14-15,24,30H,3,6-8,10H2,(H2,20,28)(H,25,27)(H,26,29)(H4,21,22,23)/t14-,15-/m0/s1. The molecule has 2 rings (SSSR count). The monoisotopic (exact) mass is 433 g/mol. The molecule has 1 heterocycles. The molecule has 1 aromatic carbocycles. The predicted molar refractivity (Wildman–Crippen MR) is 119 cm³/mol. The van der Waals surface area contributed by atoms with E-state index in [0.717, 1.165) is 16.5 Å². The number of primary amides is 1. The number of H-pyrrole nitrogens is 1. The second-order valence-electron chi connectivity index (χ2n) is 6.75. The number of nitrogens with two attached hydrogens (primary N) is 3. The Kier molecular flexibility index (Phi) is 8.54. The molecule has 30 heavy (non-hydrogen) atoms. The summed E-state index contributed by atoms with van der Waals surface area (Å²) in [5.41, 5.74) is 17.9. The fourth-order valence-electron chi connectivity index (χ4n) is 3.03. The van der Waals surface area contributed by atoms with Crippen molar-refractivity contribution < 1.29 is 14.4 Å². The van der Waals surface area contributed by atoms with Gasteiger partial charge in [-0.15, -0.1) is 0 Å². The lowest BCUT2D eigenvalue weighted by Gasteiger charge is -2.21. The van der Waals surface area contributed by atoms with Gasteiger partial charge in [0.1, 0.15) is 12.1 Å². The zero-order valence-corrected chi connectivity index (χ0v) is 17.3. The summed E-state index contributed by atoms with van der Waals surface area (Å²) in [5, 5.41) is 6.18. The molecule has 0 unspecified atom stereocenters. The van der Waals surface area contributed by atoms with Gasteiger partial charge in [-0.2, -0.15) is 12.6 Å². The van der Waals surface area contributed by atoms with Gasteiger partial charge in [-0.1, -0.05) is 18.2 Å². The Bertz CT molecular complexity index is 924. The van der Waals surface area contributed by atoms with E-state index in [0.29, 0.717) is 13.0 Å². The molecule has 10 nitrogen and oxygen atoms in total. The summed E-state index contributed by atoms with van der Waals surface area (Å²) >= 11 is 3.91. The number of hydrogen-bond donors (Lipinski definition) is 7. The molecule has 3 amide bonds. The molecule has 0 fully saturated rings. The average Bonchev–Trinajstić information content (AvgIpc) is 3.12. The first-order chi connectivity index (χ1) is 14.3. The van der Waals surface area contributed by atoms with Crippen LogP contribution in [0.3, 0.4) is 0 Å². The van der Waals surface area contributed by atoms with Gasteiger partial charge in [0.15, 0.2) is 5.96 Å². The molecule has 2 aromatic rings.